The van der Waals surface area contributed by atoms with Crippen molar-refractivity contribution in [3.8, 4) is 17.1 Å². The summed E-state index contributed by atoms with van der Waals surface area (Å²) < 4.78 is 5.96. The first-order valence-corrected chi connectivity index (χ1v) is 10.5. The van der Waals surface area contributed by atoms with E-state index in [1.165, 1.54) is 11.9 Å². The van der Waals surface area contributed by atoms with E-state index in [9.17, 15) is 4.79 Å². The van der Waals surface area contributed by atoms with E-state index in [-0.39, 0.29) is 6.61 Å². The van der Waals surface area contributed by atoms with Crippen LogP contribution in [-0.4, -0.2) is 29.3 Å². The number of rotatable bonds is 6. The van der Waals surface area contributed by atoms with Crippen molar-refractivity contribution in [2.75, 3.05) is 18.3 Å². The fourth-order valence-electron chi connectivity index (χ4n) is 2.94. The maximum Gasteiger partial charge on any atom is 0.352 e. The molecule has 0 fully saturated rings. The Balaban J connectivity index is 1.81. The number of aromatic nitrogens is 1. The molecule has 8 heteroatoms. The lowest BCUT2D eigenvalue weighted by atomic mass is 10.1. The molecule has 7 nitrogen and oxygen atoms in total. The number of thioether (sulfide) groups is 1. The van der Waals surface area contributed by atoms with E-state index < -0.39 is 6.03 Å². The lowest BCUT2D eigenvalue weighted by molar-refractivity contribution is 0.216. The Morgan fingerprint density at radius 3 is 2.43 bits per heavy atom. The van der Waals surface area contributed by atoms with Crippen molar-refractivity contribution >= 4 is 23.5 Å². The number of urea groups is 1. The number of amides is 2. The van der Waals surface area contributed by atoms with Gasteiger partial charge in [0, 0.05) is 29.1 Å². The molecular weight excluding hydrogens is 398 g/mol. The van der Waals surface area contributed by atoms with Gasteiger partial charge in [0.15, 0.2) is 0 Å². The summed E-state index contributed by atoms with van der Waals surface area (Å²) >= 11 is 1.70. The largest absolute Gasteiger partial charge is 0.473 e. The lowest BCUT2D eigenvalue weighted by Crippen LogP contribution is -2.49. The van der Waals surface area contributed by atoms with Gasteiger partial charge < -0.3 is 4.74 Å². The van der Waals surface area contributed by atoms with Crippen LogP contribution in [0, 0.1) is 6.92 Å². The first-order chi connectivity index (χ1) is 14.4. The third-order valence-corrected chi connectivity index (χ3v) is 5.37. The van der Waals surface area contributed by atoms with Gasteiger partial charge in [-0.2, -0.15) is 0 Å². The molecule has 0 bridgehead atoms. The highest BCUT2D eigenvalue weighted by Crippen LogP contribution is 2.26. The van der Waals surface area contributed by atoms with Gasteiger partial charge in [0.25, 0.3) is 0 Å². The number of carbonyl (C=O) groups excluding carboxylic acids is 1. The predicted octanol–water partition coefficient (Wildman–Crippen LogP) is 3.96. The molecule has 3 rings (SSSR count). The van der Waals surface area contributed by atoms with Crippen molar-refractivity contribution in [1.29, 1.82) is 0 Å². The minimum absolute atomic E-state index is 0.207. The Morgan fingerprint density at radius 2 is 1.77 bits per heavy atom. The molecule has 0 spiro atoms. The van der Waals surface area contributed by atoms with Gasteiger partial charge in [0.1, 0.15) is 6.61 Å². The molecule has 0 saturated heterocycles. The van der Waals surface area contributed by atoms with Crippen LogP contribution in [0.3, 0.4) is 0 Å². The topological polar surface area (TPSA) is 97.7 Å². The average Bonchev–Trinajstić information content (AvgIpc) is 2.77. The number of carbonyl (C=O) groups is 1. The third-order valence-electron chi connectivity index (χ3n) is 4.63. The molecule has 0 aliphatic heterocycles. The highest BCUT2D eigenvalue weighted by atomic mass is 32.2. The fourth-order valence-corrected chi connectivity index (χ4v) is 3.35. The first kappa shape index (κ1) is 21.6. The van der Waals surface area contributed by atoms with Crippen LogP contribution in [0.5, 0.6) is 5.88 Å². The van der Waals surface area contributed by atoms with E-state index in [1.807, 2.05) is 49.6 Å². The summed E-state index contributed by atoms with van der Waals surface area (Å²) in [4.78, 5) is 18.0. The highest BCUT2D eigenvalue weighted by Gasteiger charge is 2.19. The maximum atomic E-state index is 12.2. The van der Waals surface area contributed by atoms with E-state index in [4.69, 9.17) is 16.4 Å². The van der Waals surface area contributed by atoms with E-state index in [2.05, 4.69) is 17.1 Å². The minimum Gasteiger partial charge on any atom is -0.473 e. The van der Waals surface area contributed by atoms with Crippen LogP contribution in [0.2, 0.25) is 0 Å². The van der Waals surface area contributed by atoms with Crippen molar-refractivity contribution in [2.24, 2.45) is 11.7 Å². The molecule has 4 N–H and O–H groups in total. The first-order valence-electron chi connectivity index (χ1n) is 9.30. The number of hydrazine groups is 2. The third kappa shape index (κ3) is 4.91. The number of aryl methyl sites for hydroxylation is 1. The van der Waals surface area contributed by atoms with Crippen LogP contribution in [-0.2, 0) is 6.61 Å². The molecule has 156 valence electrons. The Morgan fingerprint density at radius 1 is 1.07 bits per heavy atom. The molecule has 30 heavy (non-hydrogen) atoms. The zero-order chi connectivity index (χ0) is 21.7. The second kappa shape index (κ2) is 9.62. The van der Waals surface area contributed by atoms with E-state index in [0.29, 0.717) is 11.6 Å². The normalized spacial score (nSPS) is 10.6. The molecular formula is C22H25N5O2S. The monoisotopic (exact) mass is 423 g/mol. The Labute approximate surface area is 180 Å². The summed E-state index contributed by atoms with van der Waals surface area (Å²) in [5, 5.41) is 1.95. The second-order valence-electron chi connectivity index (χ2n) is 6.71. The van der Waals surface area contributed by atoms with Crippen LogP contribution in [0.25, 0.3) is 11.3 Å². The van der Waals surface area contributed by atoms with E-state index >= 15 is 0 Å². The van der Waals surface area contributed by atoms with Gasteiger partial charge in [-0.1, -0.05) is 30.3 Å². The predicted molar refractivity (Wildman–Crippen MR) is 121 cm³/mol. The molecule has 0 radical (unpaired) electrons. The number of pyridine rings is 1. The summed E-state index contributed by atoms with van der Waals surface area (Å²) in [5.41, 5.74) is 4.09. The molecule has 0 atom stereocenters. The summed E-state index contributed by atoms with van der Waals surface area (Å²) in [6.07, 6.45) is 2.04. The maximum absolute atomic E-state index is 12.2. The van der Waals surface area contributed by atoms with Crippen LogP contribution in [0.4, 0.5) is 10.5 Å². The van der Waals surface area contributed by atoms with Crippen molar-refractivity contribution in [3.63, 3.8) is 0 Å². The smallest absolute Gasteiger partial charge is 0.352 e. The Hall–Kier alpha value is -3.07. The molecule has 2 aromatic carbocycles. The number of nitrogens with zero attached hydrogens (tertiary/aromatic N) is 3. The number of nitrogens with two attached hydrogens (primary N) is 2. The summed E-state index contributed by atoms with van der Waals surface area (Å²) in [6, 6.07) is 18.8. The highest BCUT2D eigenvalue weighted by molar-refractivity contribution is 7.98. The fraction of sp³-hybridized carbons (Fsp3) is 0.182. The second-order valence-corrected chi connectivity index (χ2v) is 7.59. The van der Waals surface area contributed by atoms with Crippen LogP contribution >= 0.6 is 11.8 Å². The number of hydrogen-bond acceptors (Lipinski definition) is 6. The SMILES string of the molecule is CSc1ccc(-c2cccc(OCc3c(C)cccc3N(N)C(=O)N(C)N)n2)cc1. The number of anilines is 1. The molecule has 0 aliphatic carbocycles. The molecule has 2 amide bonds. The molecule has 0 aliphatic rings. The van der Waals surface area contributed by atoms with Gasteiger partial charge in [-0.15, -0.1) is 11.8 Å². The van der Waals surface area contributed by atoms with Crippen LogP contribution in [0.15, 0.2) is 65.6 Å². The lowest BCUT2D eigenvalue weighted by Gasteiger charge is -2.24. The quantitative estimate of drug-likeness (QED) is 0.269. The van der Waals surface area contributed by atoms with Crippen molar-refractivity contribution in [1.82, 2.24) is 9.99 Å². The summed E-state index contributed by atoms with van der Waals surface area (Å²) in [7, 11) is 1.44. The number of benzene rings is 2. The van der Waals surface area contributed by atoms with Crippen molar-refractivity contribution in [3.05, 3.63) is 71.8 Å². The van der Waals surface area contributed by atoms with Crippen LogP contribution in [0.1, 0.15) is 11.1 Å². The minimum atomic E-state index is -0.532. The molecule has 1 heterocycles. The zero-order valence-electron chi connectivity index (χ0n) is 17.2. The molecule has 0 unspecified atom stereocenters. The molecule has 1 aromatic heterocycles. The van der Waals surface area contributed by atoms with Gasteiger partial charge in [0.2, 0.25) is 5.88 Å². The summed E-state index contributed by atoms with van der Waals surface area (Å²) in [5.74, 6) is 12.0. The van der Waals surface area contributed by atoms with Gasteiger partial charge in [-0.3, -0.25) is 5.01 Å². The Bertz CT molecular complexity index is 1020. The molecule has 0 saturated carbocycles. The Kier molecular flexibility index (Phi) is 6.94. The van der Waals surface area contributed by atoms with Gasteiger partial charge in [0.05, 0.1) is 11.4 Å². The summed E-state index contributed by atoms with van der Waals surface area (Å²) in [6.45, 7) is 2.14. The number of ether oxygens (including phenoxy) is 1. The van der Waals surface area contributed by atoms with E-state index in [1.54, 1.807) is 23.9 Å². The van der Waals surface area contributed by atoms with Gasteiger partial charge in [-0.05, 0) is 43.0 Å². The number of hydrogen-bond donors (Lipinski definition) is 2. The molecule has 3 aromatic rings. The van der Waals surface area contributed by atoms with Gasteiger partial charge in [-0.25, -0.2) is 26.5 Å². The van der Waals surface area contributed by atoms with Crippen molar-refractivity contribution in [2.45, 2.75) is 18.4 Å². The average molecular weight is 424 g/mol. The van der Waals surface area contributed by atoms with Crippen molar-refractivity contribution < 1.29 is 9.53 Å². The van der Waals surface area contributed by atoms with Gasteiger partial charge >= 0.3 is 6.03 Å². The van der Waals surface area contributed by atoms with E-state index in [0.717, 1.165) is 32.4 Å². The standard InChI is InChI=1S/C22H25N5O2S/c1-15-6-4-8-20(27(24)22(28)26(2)23)18(15)14-29-21-9-5-7-19(25-21)16-10-12-17(30-3)13-11-16/h4-13H,14,23-24H2,1-3H3. The zero-order valence-corrected chi connectivity index (χ0v) is 18.0. The van der Waals surface area contributed by atoms with Crippen LogP contribution < -0.4 is 21.4 Å².